The highest BCUT2D eigenvalue weighted by Crippen LogP contribution is 2.38. The van der Waals surface area contributed by atoms with Crippen LogP contribution in [0.15, 0.2) is 33.7 Å². The Balaban J connectivity index is 2.03. The van der Waals surface area contributed by atoms with Crippen LogP contribution in [0, 0.1) is 10.1 Å². The lowest BCUT2D eigenvalue weighted by molar-refractivity contribution is -0.384. The number of nitro benzene ring substituents is 1. The second-order valence-corrected chi connectivity index (χ2v) is 8.33. The van der Waals surface area contributed by atoms with E-state index in [2.05, 4.69) is 31.2 Å². The Morgan fingerprint density at radius 2 is 1.97 bits per heavy atom. The van der Waals surface area contributed by atoms with Gasteiger partial charge in [0.15, 0.2) is 0 Å². The summed E-state index contributed by atoms with van der Waals surface area (Å²) < 4.78 is 7.28. The van der Waals surface area contributed by atoms with E-state index < -0.39 is 4.92 Å². The number of ether oxygens (including phenoxy) is 1. The molecule has 11 nitrogen and oxygen atoms in total. The Hall–Kier alpha value is -3.25. The van der Waals surface area contributed by atoms with Gasteiger partial charge in [-0.3, -0.25) is 19.5 Å². The van der Waals surface area contributed by atoms with Crippen LogP contribution >= 0.6 is 15.9 Å². The number of aryl methyl sites for hydroxylation is 1. The van der Waals surface area contributed by atoms with Crippen molar-refractivity contribution in [2.24, 2.45) is 7.05 Å². The highest BCUT2D eigenvalue weighted by molar-refractivity contribution is 9.10. The Morgan fingerprint density at radius 1 is 1.25 bits per heavy atom. The zero-order valence-electron chi connectivity index (χ0n) is 18.4. The molecule has 0 aliphatic carbocycles. The van der Waals surface area contributed by atoms with Crippen molar-refractivity contribution in [3.63, 3.8) is 0 Å². The number of hydrogen-bond donors (Lipinski definition) is 1. The third-order valence-corrected chi connectivity index (χ3v) is 5.51. The summed E-state index contributed by atoms with van der Waals surface area (Å²) in [6.07, 6.45) is 1.57. The van der Waals surface area contributed by atoms with E-state index in [0.717, 1.165) is 6.54 Å². The fourth-order valence-corrected chi connectivity index (χ4v) is 3.65. The Bertz CT molecular complexity index is 1230. The lowest BCUT2D eigenvalue weighted by atomic mass is 10.2. The third-order valence-electron chi connectivity index (χ3n) is 4.94. The molecule has 0 atom stereocenters. The number of halogens is 1. The molecule has 0 spiro atoms. The maximum atomic E-state index is 12.2. The topological polar surface area (TPSA) is 119 Å². The predicted octanol–water partition coefficient (Wildman–Crippen LogP) is 2.75. The number of fused-ring (bicyclic) bond motifs is 1. The molecule has 0 bridgehead atoms. The van der Waals surface area contributed by atoms with E-state index >= 15 is 0 Å². The number of pyridine rings is 1. The number of nitrogens with zero attached hydrogens (tertiary/aromatic N) is 6. The van der Waals surface area contributed by atoms with E-state index in [0.29, 0.717) is 39.2 Å². The molecule has 0 saturated carbocycles. The number of aromatic nitrogens is 3. The smallest absolute Gasteiger partial charge is 0.294 e. The molecule has 0 saturated heterocycles. The second-order valence-electron chi connectivity index (χ2n) is 7.48. The highest BCUT2D eigenvalue weighted by atomic mass is 79.9. The van der Waals surface area contributed by atoms with Gasteiger partial charge in [-0.15, -0.1) is 0 Å². The summed E-state index contributed by atoms with van der Waals surface area (Å²) in [5.41, 5.74) is 0.882. The van der Waals surface area contributed by atoms with E-state index in [1.54, 1.807) is 32.4 Å². The van der Waals surface area contributed by atoms with Crippen LogP contribution in [-0.2, 0) is 7.05 Å². The van der Waals surface area contributed by atoms with Gasteiger partial charge in [-0.05, 0) is 36.1 Å². The molecule has 0 aliphatic heterocycles. The van der Waals surface area contributed by atoms with Crippen LogP contribution in [0.2, 0.25) is 0 Å². The van der Waals surface area contributed by atoms with Gasteiger partial charge in [0.05, 0.1) is 22.2 Å². The number of benzene rings is 1. The summed E-state index contributed by atoms with van der Waals surface area (Å²) in [6, 6.07) is 4.66. The molecule has 2 heterocycles. The molecule has 12 heteroatoms. The predicted molar refractivity (Wildman–Crippen MR) is 127 cm³/mol. The van der Waals surface area contributed by atoms with Gasteiger partial charge in [0.25, 0.3) is 11.2 Å². The van der Waals surface area contributed by atoms with Gasteiger partial charge < -0.3 is 19.9 Å². The molecule has 32 heavy (non-hydrogen) atoms. The SMILES string of the molecule is COc1cc(N(C)CCN(C)C)c([N+](=O)[O-])cc1Nc1ncc2cc(Br)c(=O)n(C)c2n1. The van der Waals surface area contributed by atoms with Crippen molar-refractivity contribution < 1.29 is 9.66 Å². The fraction of sp³-hybridized carbons (Fsp3) is 0.350. The van der Waals surface area contributed by atoms with Crippen molar-refractivity contribution in [1.29, 1.82) is 0 Å². The molecule has 3 rings (SSSR count). The number of nitro groups is 1. The van der Waals surface area contributed by atoms with Crippen molar-refractivity contribution in [1.82, 2.24) is 19.4 Å². The molecule has 0 amide bonds. The van der Waals surface area contributed by atoms with Crippen molar-refractivity contribution in [3.05, 3.63) is 49.3 Å². The first-order chi connectivity index (χ1) is 15.1. The van der Waals surface area contributed by atoms with Crippen LogP contribution in [0.5, 0.6) is 5.75 Å². The molecule has 170 valence electrons. The van der Waals surface area contributed by atoms with E-state index in [-0.39, 0.29) is 17.2 Å². The molecular formula is C20H24BrN7O4. The quantitative estimate of drug-likeness (QED) is 0.363. The van der Waals surface area contributed by atoms with Crippen molar-refractivity contribution in [2.45, 2.75) is 0 Å². The summed E-state index contributed by atoms with van der Waals surface area (Å²) in [4.78, 5) is 36.0. The lowest BCUT2D eigenvalue weighted by Crippen LogP contribution is -2.29. The largest absolute Gasteiger partial charge is 0.494 e. The number of anilines is 3. The van der Waals surface area contributed by atoms with Crippen LogP contribution in [0.3, 0.4) is 0 Å². The monoisotopic (exact) mass is 505 g/mol. The van der Waals surface area contributed by atoms with Gasteiger partial charge >= 0.3 is 0 Å². The van der Waals surface area contributed by atoms with Gasteiger partial charge in [0.2, 0.25) is 5.95 Å². The van der Waals surface area contributed by atoms with Crippen LogP contribution < -0.4 is 20.5 Å². The maximum Gasteiger partial charge on any atom is 0.294 e. The summed E-state index contributed by atoms with van der Waals surface area (Å²) in [5, 5.41) is 15.4. The molecule has 0 fully saturated rings. The summed E-state index contributed by atoms with van der Waals surface area (Å²) >= 11 is 3.23. The van der Waals surface area contributed by atoms with Crippen LogP contribution in [0.25, 0.3) is 11.0 Å². The first-order valence-corrected chi connectivity index (χ1v) is 10.4. The van der Waals surface area contributed by atoms with Gasteiger partial charge in [0.1, 0.15) is 17.1 Å². The molecule has 0 unspecified atom stereocenters. The van der Waals surface area contributed by atoms with Crippen molar-refractivity contribution in [2.75, 3.05) is 51.6 Å². The normalized spacial score (nSPS) is 11.1. The molecule has 3 aromatic rings. The third kappa shape index (κ3) is 4.81. The molecule has 1 N–H and O–H groups in total. The average Bonchev–Trinajstić information content (AvgIpc) is 2.76. The molecular weight excluding hydrogens is 482 g/mol. The Labute approximate surface area is 192 Å². The molecule has 2 aromatic heterocycles. The average molecular weight is 506 g/mol. The second kappa shape index (κ2) is 9.49. The maximum absolute atomic E-state index is 12.2. The zero-order chi connectivity index (χ0) is 23.6. The first kappa shape index (κ1) is 23.4. The summed E-state index contributed by atoms with van der Waals surface area (Å²) in [7, 11) is 8.76. The van der Waals surface area contributed by atoms with Gasteiger partial charge in [0, 0.05) is 50.9 Å². The summed E-state index contributed by atoms with van der Waals surface area (Å²) in [5.74, 6) is 0.576. The van der Waals surface area contributed by atoms with Crippen LogP contribution in [0.1, 0.15) is 0 Å². The number of methoxy groups -OCH3 is 1. The highest BCUT2D eigenvalue weighted by Gasteiger charge is 2.22. The van der Waals surface area contributed by atoms with E-state index in [1.807, 2.05) is 23.9 Å². The van der Waals surface area contributed by atoms with Gasteiger partial charge in [-0.2, -0.15) is 4.98 Å². The standard InChI is InChI=1S/C20H24BrN7O4/c1-25(2)6-7-26(3)15-10-17(32-5)14(9-16(15)28(30)31)23-20-22-11-12-8-13(21)19(29)27(4)18(12)24-20/h8-11H,6-7H2,1-5H3,(H,22,23,24). The van der Waals surface area contributed by atoms with Crippen LogP contribution in [-0.4, -0.2) is 65.7 Å². The zero-order valence-corrected chi connectivity index (χ0v) is 20.0. The first-order valence-electron chi connectivity index (χ1n) is 9.64. The van der Waals surface area contributed by atoms with Crippen molar-refractivity contribution in [3.8, 4) is 5.75 Å². The van der Waals surface area contributed by atoms with E-state index in [1.165, 1.54) is 17.7 Å². The minimum absolute atomic E-state index is 0.0772. The molecule has 0 aliphatic rings. The van der Waals surface area contributed by atoms with Crippen molar-refractivity contribution >= 4 is 50.0 Å². The number of hydrogen-bond acceptors (Lipinski definition) is 9. The Kier molecular flexibility index (Phi) is 6.94. The van der Waals surface area contributed by atoms with E-state index in [9.17, 15) is 14.9 Å². The van der Waals surface area contributed by atoms with Gasteiger partial charge in [-0.25, -0.2) is 4.98 Å². The van der Waals surface area contributed by atoms with Gasteiger partial charge in [-0.1, -0.05) is 0 Å². The molecule has 0 radical (unpaired) electrons. The molecule has 1 aromatic carbocycles. The fourth-order valence-electron chi connectivity index (χ4n) is 3.13. The minimum atomic E-state index is -0.436. The number of rotatable bonds is 8. The Morgan fingerprint density at radius 3 is 2.59 bits per heavy atom. The number of nitrogens with one attached hydrogen (secondary N) is 1. The van der Waals surface area contributed by atoms with E-state index in [4.69, 9.17) is 4.74 Å². The minimum Gasteiger partial charge on any atom is -0.494 e. The summed E-state index contributed by atoms with van der Waals surface area (Å²) in [6.45, 7) is 1.33. The number of likely N-dealkylation sites (N-methyl/N-ethyl adjacent to an activating group) is 2. The lowest BCUT2D eigenvalue weighted by Gasteiger charge is -2.22. The van der Waals surface area contributed by atoms with Crippen LogP contribution in [0.4, 0.5) is 23.0 Å².